The predicted molar refractivity (Wildman–Crippen MR) is 125 cm³/mol. The van der Waals surface area contributed by atoms with E-state index in [1.807, 2.05) is 35.4 Å². The van der Waals surface area contributed by atoms with E-state index >= 15 is 0 Å². The van der Waals surface area contributed by atoms with Gasteiger partial charge >= 0.3 is 0 Å². The van der Waals surface area contributed by atoms with E-state index in [2.05, 4.69) is 30.1 Å². The molecule has 0 aliphatic carbocycles. The molecule has 2 aromatic heterocycles. The van der Waals surface area contributed by atoms with E-state index in [-0.39, 0.29) is 17.7 Å². The lowest BCUT2D eigenvalue weighted by atomic mass is 9.89. The van der Waals surface area contributed by atoms with Crippen molar-refractivity contribution >= 4 is 23.2 Å². The molecule has 1 saturated heterocycles. The molecule has 0 atom stereocenters. The predicted octanol–water partition coefficient (Wildman–Crippen LogP) is 4.32. The van der Waals surface area contributed by atoms with Gasteiger partial charge in [-0.3, -0.25) is 14.6 Å². The monoisotopic (exact) mass is 437 g/mol. The first-order valence-electron chi connectivity index (χ1n) is 11.1. The molecule has 6 heteroatoms. The highest BCUT2D eigenvalue weighted by Gasteiger charge is 2.27. The summed E-state index contributed by atoms with van der Waals surface area (Å²) in [6.07, 6.45) is 5.32. The molecule has 0 aromatic carbocycles. The van der Waals surface area contributed by atoms with Gasteiger partial charge in [0.05, 0.1) is 11.3 Å². The third-order valence-electron chi connectivity index (χ3n) is 5.57. The molecular weight excluding hydrogens is 406 g/mol. The lowest BCUT2D eigenvalue weighted by molar-refractivity contribution is -0.126. The summed E-state index contributed by atoms with van der Waals surface area (Å²) in [5.41, 5.74) is 2.42. The second kappa shape index (κ2) is 11.7. The zero-order valence-corrected chi connectivity index (χ0v) is 19.3. The van der Waals surface area contributed by atoms with Gasteiger partial charge in [0.25, 0.3) is 11.8 Å². The third kappa shape index (κ3) is 6.67. The fourth-order valence-electron chi connectivity index (χ4n) is 3.77. The van der Waals surface area contributed by atoms with Gasteiger partial charge in [0, 0.05) is 42.5 Å². The average Bonchev–Trinajstić information content (AvgIpc) is 3.30. The highest BCUT2D eigenvalue weighted by atomic mass is 32.1. The molecule has 1 N–H and O–H groups in total. The standard InChI is InChI=1S/C25H31N3O2S/c1-3-4-5-6-9-23(29)28-16-13-20(14-17-28)24-22(11-10-19(2)27-24)25(30)26-15-12-21-8-7-18-31-21/h7-8,10-11,18,20H,3-5,12-17H2,1-2H3,(H,26,30). The quantitative estimate of drug-likeness (QED) is 0.518. The molecule has 1 aliphatic rings. The number of carbonyl (C=O) groups is 2. The van der Waals surface area contributed by atoms with E-state index in [0.29, 0.717) is 25.2 Å². The van der Waals surface area contributed by atoms with Gasteiger partial charge in [-0.05, 0) is 62.1 Å². The van der Waals surface area contributed by atoms with Crippen LogP contribution in [-0.2, 0) is 11.2 Å². The topological polar surface area (TPSA) is 62.3 Å². The molecule has 164 valence electrons. The molecule has 5 nitrogen and oxygen atoms in total. The van der Waals surface area contributed by atoms with Crippen molar-refractivity contribution in [1.29, 1.82) is 0 Å². The van der Waals surface area contributed by atoms with E-state index in [1.54, 1.807) is 11.3 Å². The third-order valence-corrected chi connectivity index (χ3v) is 6.50. The Labute approximate surface area is 189 Å². The Hall–Kier alpha value is -2.65. The summed E-state index contributed by atoms with van der Waals surface area (Å²) in [4.78, 5) is 33.0. The lowest BCUT2D eigenvalue weighted by Crippen LogP contribution is -2.38. The number of unbranched alkanes of at least 4 members (excludes halogenated alkanes) is 2. The minimum Gasteiger partial charge on any atom is -0.352 e. The van der Waals surface area contributed by atoms with Crippen LogP contribution in [-0.4, -0.2) is 41.3 Å². The highest BCUT2D eigenvalue weighted by Crippen LogP contribution is 2.29. The number of thiophene rings is 1. The van der Waals surface area contributed by atoms with Crippen LogP contribution in [0.2, 0.25) is 0 Å². The summed E-state index contributed by atoms with van der Waals surface area (Å²) in [7, 11) is 0. The first-order chi connectivity index (χ1) is 15.1. The van der Waals surface area contributed by atoms with Gasteiger partial charge in [-0.2, -0.15) is 0 Å². The van der Waals surface area contributed by atoms with Gasteiger partial charge in [0.15, 0.2) is 0 Å². The Balaban J connectivity index is 1.59. The van der Waals surface area contributed by atoms with Gasteiger partial charge in [0.1, 0.15) is 0 Å². The number of aromatic nitrogens is 1. The SMILES string of the molecule is CCCCC#CC(=O)N1CCC(c2nc(C)ccc2C(=O)NCCc2cccs2)CC1. The number of carbonyl (C=O) groups excluding carboxylic acids is 2. The zero-order chi connectivity index (χ0) is 22.1. The molecule has 0 saturated carbocycles. The average molecular weight is 438 g/mol. The molecule has 0 bridgehead atoms. The van der Waals surface area contributed by atoms with E-state index in [4.69, 9.17) is 4.98 Å². The van der Waals surface area contributed by atoms with Gasteiger partial charge in [-0.25, -0.2) is 0 Å². The number of piperidine rings is 1. The molecule has 31 heavy (non-hydrogen) atoms. The van der Waals surface area contributed by atoms with E-state index in [0.717, 1.165) is 49.9 Å². The summed E-state index contributed by atoms with van der Waals surface area (Å²) < 4.78 is 0. The van der Waals surface area contributed by atoms with Gasteiger partial charge in [0.2, 0.25) is 0 Å². The Bertz CT molecular complexity index is 935. The van der Waals surface area contributed by atoms with Gasteiger partial charge in [-0.1, -0.05) is 25.3 Å². The number of amides is 2. The summed E-state index contributed by atoms with van der Waals surface area (Å²) in [5.74, 6) is 5.78. The van der Waals surface area contributed by atoms with Gasteiger partial charge in [-0.15, -0.1) is 11.3 Å². The normalized spacial score (nSPS) is 14.1. The van der Waals surface area contributed by atoms with Crippen LogP contribution in [0.25, 0.3) is 0 Å². The summed E-state index contributed by atoms with van der Waals surface area (Å²) in [5, 5.41) is 5.09. The van der Waals surface area contributed by atoms with Crippen LogP contribution in [0.5, 0.6) is 0 Å². The van der Waals surface area contributed by atoms with Crippen molar-refractivity contribution in [2.45, 2.75) is 58.3 Å². The fraction of sp³-hybridized carbons (Fsp3) is 0.480. The molecule has 2 amide bonds. The number of hydrogen-bond donors (Lipinski definition) is 1. The van der Waals surface area contributed by atoms with E-state index < -0.39 is 0 Å². The van der Waals surface area contributed by atoms with Crippen LogP contribution in [0.1, 0.15) is 71.6 Å². The first kappa shape index (κ1) is 23.0. The number of nitrogens with one attached hydrogen (secondary N) is 1. The summed E-state index contributed by atoms with van der Waals surface area (Å²) in [6.45, 7) is 5.98. The molecule has 3 rings (SSSR count). The fourth-order valence-corrected chi connectivity index (χ4v) is 4.48. The lowest BCUT2D eigenvalue weighted by Gasteiger charge is -2.31. The molecule has 2 aromatic rings. The number of hydrogen-bond acceptors (Lipinski definition) is 4. The summed E-state index contributed by atoms with van der Waals surface area (Å²) in [6, 6.07) is 7.88. The number of nitrogens with zero attached hydrogens (tertiary/aromatic N) is 2. The minimum atomic E-state index is -0.0849. The molecule has 0 radical (unpaired) electrons. The van der Waals surface area contributed by atoms with Crippen molar-refractivity contribution in [2.75, 3.05) is 19.6 Å². The first-order valence-corrected chi connectivity index (χ1v) is 12.0. The molecule has 3 heterocycles. The van der Waals surface area contributed by atoms with Crippen LogP contribution in [0.15, 0.2) is 29.6 Å². The maximum absolute atomic E-state index is 12.9. The Kier molecular flexibility index (Phi) is 8.66. The van der Waals surface area contributed by atoms with Gasteiger partial charge < -0.3 is 10.2 Å². The Morgan fingerprint density at radius 1 is 1.26 bits per heavy atom. The minimum absolute atomic E-state index is 0.0700. The second-order valence-corrected chi connectivity index (χ2v) is 8.97. The van der Waals surface area contributed by atoms with Crippen molar-refractivity contribution < 1.29 is 9.59 Å². The van der Waals surface area contributed by atoms with Crippen molar-refractivity contribution in [1.82, 2.24) is 15.2 Å². The molecular formula is C25H31N3O2S. The van der Waals surface area contributed by atoms with Crippen LogP contribution in [0.4, 0.5) is 0 Å². The maximum atomic E-state index is 12.9. The van der Waals surface area contributed by atoms with E-state index in [9.17, 15) is 9.59 Å². The van der Waals surface area contributed by atoms with E-state index in [1.165, 1.54) is 4.88 Å². The number of pyridine rings is 1. The molecule has 0 spiro atoms. The van der Waals surface area contributed by atoms with Crippen LogP contribution in [0.3, 0.4) is 0 Å². The van der Waals surface area contributed by atoms with Crippen molar-refractivity contribution in [3.8, 4) is 11.8 Å². The summed E-state index contributed by atoms with van der Waals surface area (Å²) >= 11 is 1.70. The number of likely N-dealkylation sites (tertiary alicyclic amines) is 1. The number of aryl methyl sites for hydroxylation is 1. The Morgan fingerprint density at radius 3 is 2.77 bits per heavy atom. The van der Waals surface area contributed by atoms with Crippen molar-refractivity contribution in [2.24, 2.45) is 0 Å². The van der Waals surface area contributed by atoms with Crippen LogP contribution < -0.4 is 5.32 Å². The highest BCUT2D eigenvalue weighted by molar-refractivity contribution is 7.09. The van der Waals surface area contributed by atoms with Crippen molar-refractivity contribution in [3.63, 3.8) is 0 Å². The number of rotatable bonds is 7. The molecule has 1 fully saturated rings. The molecule has 0 unspecified atom stereocenters. The largest absolute Gasteiger partial charge is 0.352 e. The van der Waals surface area contributed by atoms with Crippen LogP contribution >= 0.6 is 11.3 Å². The maximum Gasteiger partial charge on any atom is 0.298 e. The second-order valence-electron chi connectivity index (χ2n) is 7.94. The van der Waals surface area contributed by atoms with Crippen molar-refractivity contribution in [3.05, 3.63) is 51.5 Å². The molecule has 1 aliphatic heterocycles. The van der Waals surface area contributed by atoms with Crippen LogP contribution in [0, 0.1) is 18.8 Å². The Morgan fingerprint density at radius 2 is 2.06 bits per heavy atom. The smallest absolute Gasteiger partial charge is 0.298 e. The zero-order valence-electron chi connectivity index (χ0n) is 18.4.